The molecule has 1 aromatic rings. The average Bonchev–Trinajstić information content (AvgIpc) is 2.28. The summed E-state index contributed by atoms with van der Waals surface area (Å²) in [6.45, 7) is 2.43. The van der Waals surface area contributed by atoms with Crippen LogP contribution in [0.25, 0.3) is 0 Å². The Morgan fingerprint density at radius 2 is 1.94 bits per heavy atom. The molecule has 0 atom stereocenters. The van der Waals surface area contributed by atoms with Crippen LogP contribution in [0.2, 0.25) is 0 Å². The van der Waals surface area contributed by atoms with Crippen molar-refractivity contribution in [2.75, 3.05) is 43.1 Å². The van der Waals surface area contributed by atoms with Gasteiger partial charge in [-0.15, -0.1) is 0 Å². The van der Waals surface area contributed by atoms with E-state index >= 15 is 0 Å². The van der Waals surface area contributed by atoms with Crippen LogP contribution in [0, 0.1) is 6.92 Å². The van der Waals surface area contributed by atoms with E-state index in [2.05, 4.69) is 10.0 Å². The molecule has 0 radical (unpaired) electrons. The first-order valence-corrected chi connectivity index (χ1v) is 7.44. The number of nitrogens with zero attached hydrogens (tertiary/aromatic N) is 1. The van der Waals surface area contributed by atoms with Crippen LogP contribution in [0.1, 0.15) is 5.56 Å². The van der Waals surface area contributed by atoms with Crippen LogP contribution in [0.15, 0.2) is 18.2 Å². The Labute approximate surface area is 109 Å². The number of rotatable bonds is 6. The van der Waals surface area contributed by atoms with Crippen molar-refractivity contribution in [1.29, 1.82) is 0 Å². The maximum atomic E-state index is 11.8. The summed E-state index contributed by atoms with van der Waals surface area (Å²) < 4.78 is 26.1. The van der Waals surface area contributed by atoms with Crippen molar-refractivity contribution in [2.45, 2.75) is 6.92 Å². The molecule has 0 saturated heterocycles. The summed E-state index contributed by atoms with van der Waals surface area (Å²) in [4.78, 5) is 1.96. The van der Waals surface area contributed by atoms with Gasteiger partial charge in [-0.05, 0) is 31.7 Å². The van der Waals surface area contributed by atoms with Gasteiger partial charge in [-0.3, -0.25) is 4.72 Å². The van der Waals surface area contributed by atoms with Gasteiger partial charge in [-0.2, -0.15) is 0 Å². The molecular weight excluding hydrogens is 250 g/mol. The Hall–Kier alpha value is -1.27. The van der Waals surface area contributed by atoms with E-state index in [1.807, 2.05) is 38.1 Å². The fourth-order valence-electron chi connectivity index (χ4n) is 1.62. The van der Waals surface area contributed by atoms with Crippen LogP contribution in [-0.2, 0) is 10.0 Å². The maximum absolute atomic E-state index is 11.8. The maximum Gasteiger partial charge on any atom is 0.233 e. The quantitative estimate of drug-likeness (QED) is 0.811. The molecule has 0 aliphatic carbocycles. The summed E-state index contributed by atoms with van der Waals surface area (Å²) in [5.41, 5.74) is 2.71. The third kappa shape index (κ3) is 4.19. The van der Waals surface area contributed by atoms with Crippen molar-refractivity contribution in [2.24, 2.45) is 0 Å². The van der Waals surface area contributed by atoms with Crippen molar-refractivity contribution in [3.05, 3.63) is 23.8 Å². The topological polar surface area (TPSA) is 61.4 Å². The molecular formula is C12H21N3O2S. The number of sulfonamides is 1. The highest BCUT2D eigenvalue weighted by Gasteiger charge is 2.10. The summed E-state index contributed by atoms with van der Waals surface area (Å²) >= 11 is 0. The Kier molecular flexibility index (Phi) is 4.98. The smallest absolute Gasteiger partial charge is 0.233 e. The Morgan fingerprint density at radius 3 is 2.50 bits per heavy atom. The minimum Gasteiger partial charge on any atom is -0.377 e. The lowest BCUT2D eigenvalue weighted by Gasteiger charge is -2.17. The van der Waals surface area contributed by atoms with Gasteiger partial charge in [0.05, 0.1) is 11.4 Å². The molecule has 0 amide bonds. The Morgan fingerprint density at radius 1 is 1.28 bits per heavy atom. The van der Waals surface area contributed by atoms with Crippen molar-refractivity contribution in [1.82, 2.24) is 5.32 Å². The molecule has 0 saturated carbocycles. The van der Waals surface area contributed by atoms with Crippen LogP contribution in [0.5, 0.6) is 0 Å². The highest BCUT2D eigenvalue weighted by Crippen LogP contribution is 2.23. The lowest BCUT2D eigenvalue weighted by Crippen LogP contribution is -2.24. The summed E-state index contributed by atoms with van der Waals surface area (Å²) in [6.07, 6.45) is 0. The predicted molar refractivity (Wildman–Crippen MR) is 76.8 cm³/mol. The molecule has 0 aliphatic heterocycles. The van der Waals surface area contributed by atoms with Crippen LogP contribution in [0.3, 0.4) is 0 Å². The average molecular weight is 271 g/mol. The number of nitrogens with one attached hydrogen (secondary N) is 2. The van der Waals surface area contributed by atoms with Gasteiger partial charge in [0.25, 0.3) is 0 Å². The molecule has 1 rings (SSSR count). The van der Waals surface area contributed by atoms with Gasteiger partial charge in [0, 0.05) is 26.3 Å². The highest BCUT2D eigenvalue weighted by atomic mass is 32.2. The molecule has 102 valence electrons. The highest BCUT2D eigenvalue weighted by molar-refractivity contribution is 7.92. The number of hydrogen-bond donors (Lipinski definition) is 2. The number of benzene rings is 1. The lowest BCUT2D eigenvalue weighted by molar-refractivity contribution is 0.599. The Balaban J connectivity index is 2.89. The van der Waals surface area contributed by atoms with E-state index in [0.29, 0.717) is 12.2 Å². The Bertz CT molecular complexity index is 498. The zero-order valence-corrected chi connectivity index (χ0v) is 12.1. The summed E-state index contributed by atoms with van der Waals surface area (Å²) in [6, 6.07) is 5.52. The molecule has 0 bridgehead atoms. The molecule has 0 spiro atoms. The molecule has 2 N–H and O–H groups in total. The van der Waals surface area contributed by atoms with E-state index < -0.39 is 10.0 Å². The van der Waals surface area contributed by atoms with Gasteiger partial charge < -0.3 is 10.2 Å². The van der Waals surface area contributed by atoms with Crippen molar-refractivity contribution in [3.8, 4) is 0 Å². The van der Waals surface area contributed by atoms with Crippen molar-refractivity contribution < 1.29 is 8.42 Å². The normalized spacial score (nSPS) is 11.3. The largest absolute Gasteiger partial charge is 0.377 e. The number of anilines is 2. The van der Waals surface area contributed by atoms with Crippen molar-refractivity contribution in [3.63, 3.8) is 0 Å². The first-order chi connectivity index (χ1) is 8.35. The number of hydrogen-bond acceptors (Lipinski definition) is 4. The van der Waals surface area contributed by atoms with E-state index in [0.717, 1.165) is 11.3 Å². The zero-order valence-electron chi connectivity index (χ0n) is 11.3. The van der Waals surface area contributed by atoms with Gasteiger partial charge in [0.1, 0.15) is 0 Å². The SMILES string of the molecule is CNCCS(=O)(=O)Nc1ccc(C)c(N(C)C)c1. The molecule has 0 heterocycles. The summed E-state index contributed by atoms with van der Waals surface area (Å²) in [5, 5.41) is 2.82. The minimum atomic E-state index is -3.28. The van der Waals surface area contributed by atoms with E-state index in [1.54, 1.807) is 13.1 Å². The standard InChI is InChI=1S/C12H21N3O2S/c1-10-5-6-11(9-12(10)15(3)4)14-18(16,17)8-7-13-2/h5-6,9,13-14H,7-8H2,1-4H3. The molecule has 0 unspecified atom stereocenters. The molecule has 18 heavy (non-hydrogen) atoms. The van der Waals surface area contributed by atoms with Gasteiger partial charge in [0.2, 0.25) is 10.0 Å². The van der Waals surface area contributed by atoms with E-state index in [1.165, 1.54) is 0 Å². The second-order valence-electron chi connectivity index (χ2n) is 4.42. The van der Waals surface area contributed by atoms with Crippen LogP contribution >= 0.6 is 0 Å². The van der Waals surface area contributed by atoms with Crippen LogP contribution < -0.4 is 14.9 Å². The second kappa shape index (κ2) is 6.06. The second-order valence-corrected chi connectivity index (χ2v) is 6.26. The van der Waals surface area contributed by atoms with E-state index in [-0.39, 0.29) is 5.75 Å². The monoisotopic (exact) mass is 271 g/mol. The van der Waals surface area contributed by atoms with Crippen LogP contribution in [0.4, 0.5) is 11.4 Å². The summed E-state index contributed by atoms with van der Waals surface area (Å²) in [5.74, 6) is 0.0642. The van der Waals surface area contributed by atoms with Gasteiger partial charge >= 0.3 is 0 Å². The van der Waals surface area contributed by atoms with Crippen LogP contribution in [-0.4, -0.2) is 41.9 Å². The third-order valence-corrected chi connectivity index (χ3v) is 3.87. The minimum absolute atomic E-state index is 0.0642. The number of aryl methyl sites for hydroxylation is 1. The summed E-state index contributed by atoms with van der Waals surface area (Å²) in [7, 11) is 2.31. The molecule has 5 nitrogen and oxygen atoms in total. The molecule has 0 aromatic heterocycles. The molecule has 1 aromatic carbocycles. The van der Waals surface area contributed by atoms with E-state index in [4.69, 9.17) is 0 Å². The third-order valence-electron chi connectivity index (χ3n) is 2.59. The lowest BCUT2D eigenvalue weighted by atomic mass is 10.2. The first-order valence-electron chi connectivity index (χ1n) is 5.79. The van der Waals surface area contributed by atoms with Gasteiger partial charge in [-0.1, -0.05) is 6.07 Å². The van der Waals surface area contributed by atoms with Gasteiger partial charge in [-0.25, -0.2) is 8.42 Å². The zero-order chi connectivity index (χ0) is 13.8. The predicted octanol–water partition coefficient (Wildman–Crippen LogP) is 1.02. The molecule has 6 heteroatoms. The van der Waals surface area contributed by atoms with Crippen molar-refractivity contribution >= 4 is 21.4 Å². The van der Waals surface area contributed by atoms with E-state index in [9.17, 15) is 8.42 Å². The fourth-order valence-corrected chi connectivity index (χ4v) is 2.68. The molecule has 0 aliphatic rings. The molecule has 0 fully saturated rings. The fraction of sp³-hybridized carbons (Fsp3) is 0.500. The first kappa shape index (κ1) is 14.8. The van der Waals surface area contributed by atoms with Gasteiger partial charge in [0.15, 0.2) is 0 Å².